The van der Waals surface area contributed by atoms with Crippen LogP contribution in [0.15, 0.2) is 17.0 Å². The van der Waals surface area contributed by atoms with Crippen molar-refractivity contribution in [1.82, 2.24) is 4.31 Å². The van der Waals surface area contributed by atoms with Crippen LogP contribution in [0.1, 0.15) is 25.8 Å². The maximum atomic E-state index is 13.9. The molecule has 0 N–H and O–H groups in total. The fourth-order valence-corrected chi connectivity index (χ4v) is 4.78. The number of benzene rings is 1. The number of nitrogens with zero attached hydrogens (tertiary/aromatic N) is 1. The van der Waals surface area contributed by atoms with Crippen molar-refractivity contribution < 1.29 is 17.2 Å². The summed E-state index contributed by atoms with van der Waals surface area (Å²) in [5, 5.41) is 0. The number of piperidine rings is 1. The van der Waals surface area contributed by atoms with Crippen molar-refractivity contribution in [1.29, 1.82) is 0 Å². The van der Waals surface area contributed by atoms with Gasteiger partial charge in [-0.1, -0.05) is 13.8 Å². The Balaban J connectivity index is 2.46. The highest BCUT2D eigenvalue weighted by molar-refractivity contribution is 7.89. The number of hydrogen-bond acceptors (Lipinski definition) is 2. The second-order valence-corrected chi connectivity index (χ2v) is 7.97. The maximum Gasteiger partial charge on any atom is 0.246 e. The molecule has 2 atom stereocenters. The number of rotatable bonds is 3. The second kappa shape index (κ2) is 6.18. The van der Waals surface area contributed by atoms with E-state index in [9.17, 15) is 17.2 Å². The largest absolute Gasteiger partial charge is 0.246 e. The molecular formula is C14H18ClF2NO2S. The van der Waals surface area contributed by atoms with Gasteiger partial charge in [0, 0.05) is 19.0 Å². The third-order valence-electron chi connectivity index (χ3n) is 3.66. The van der Waals surface area contributed by atoms with E-state index in [4.69, 9.17) is 11.6 Å². The fraction of sp³-hybridized carbons (Fsp3) is 0.571. The monoisotopic (exact) mass is 337 g/mol. The van der Waals surface area contributed by atoms with Gasteiger partial charge in [-0.2, -0.15) is 4.31 Å². The molecule has 1 aromatic carbocycles. The topological polar surface area (TPSA) is 37.4 Å². The highest BCUT2D eigenvalue weighted by Crippen LogP contribution is 2.29. The van der Waals surface area contributed by atoms with Gasteiger partial charge in [-0.25, -0.2) is 17.2 Å². The molecule has 118 valence electrons. The summed E-state index contributed by atoms with van der Waals surface area (Å²) in [5.41, 5.74) is 0.243. The first-order valence-corrected chi connectivity index (χ1v) is 8.77. The van der Waals surface area contributed by atoms with E-state index in [1.807, 2.05) is 13.8 Å². The molecule has 0 aromatic heterocycles. The summed E-state index contributed by atoms with van der Waals surface area (Å²) < 4.78 is 53.9. The van der Waals surface area contributed by atoms with Gasteiger partial charge in [-0.15, -0.1) is 11.6 Å². The molecule has 2 rings (SSSR count). The minimum Gasteiger partial charge on any atom is -0.207 e. The Hall–Kier alpha value is -0.720. The Morgan fingerprint density at radius 2 is 1.81 bits per heavy atom. The van der Waals surface area contributed by atoms with Crippen LogP contribution in [0.3, 0.4) is 0 Å². The van der Waals surface area contributed by atoms with Crippen molar-refractivity contribution in [3.05, 3.63) is 29.3 Å². The molecule has 1 aliphatic rings. The molecule has 1 saturated heterocycles. The van der Waals surface area contributed by atoms with E-state index in [0.717, 1.165) is 18.6 Å². The zero-order valence-electron chi connectivity index (χ0n) is 11.9. The predicted molar refractivity (Wildman–Crippen MR) is 77.6 cm³/mol. The van der Waals surface area contributed by atoms with Crippen molar-refractivity contribution in [2.75, 3.05) is 13.1 Å². The van der Waals surface area contributed by atoms with Crippen molar-refractivity contribution >= 4 is 21.6 Å². The molecule has 0 radical (unpaired) electrons. The van der Waals surface area contributed by atoms with Gasteiger partial charge in [0.2, 0.25) is 10.0 Å². The van der Waals surface area contributed by atoms with Crippen LogP contribution >= 0.6 is 11.6 Å². The molecule has 0 saturated carbocycles. The molecule has 1 aliphatic heterocycles. The first-order chi connectivity index (χ1) is 9.75. The Kier molecular flexibility index (Phi) is 4.90. The molecule has 1 aromatic rings. The number of alkyl halides is 1. The van der Waals surface area contributed by atoms with Gasteiger partial charge in [0.25, 0.3) is 0 Å². The minimum atomic E-state index is -4.05. The van der Waals surface area contributed by atoms with Gasteiger partial charge in [0.05, 0.1) is 0 Å². The van der Waals surface area contributed by atoms with Gasteiger partial charge < -0.3 is 0 Å². The molecule has 1 heterocycles. The molecule has 1 fully saturated rings. The van der Waals surface area contributed by atoms with Crippen LogP contribution in [0.5, 0.6) is 0 Å². The smallest absolute Gasteiger partial charge is 0.207 e. The Morgan fingerprint density at radius 3 is 2.33 bits per heavy atom. The van der Waals surface area contributed by atoms with E-state index in [-0.39, 0.29) is 23.3 Å². The van der Waals surface area contributed by atoms with Gasteiger partial charge in [-0.3, -0.25) is 0 Å². The van der Waals surface area contributed by atoms with Gasteiger partial charge in [0.15, 0.2) is 11.6 Å². The zero-order valence-corrected chi connectivity index (χ0v) is 13.5. The van der Waals surface area contributed by atoms with Crippen molar-refractivity contribution in [2.45, 2.75) is 31.0 Å². The number of hydrogen-bond donors (Lipinski definition) is 0. The van der Waals surface area contributed by atoms with Crippen LogP contribution in [-0.2, 0) is 15.9 Å². The summed E-state index contributed by atoms with van der Waals surface area (Å²) in [6.45, 7) is 4.53. The molecule has 0 aliphatic carbocycles. The fourth-order valence-electron chi connectivity index (χ4n) is 2.82. The first-order valence-electron chi connectivity index (χ1n) is 6.79. The van der Waals surface area contributed by atoms with Crippen molar-refractivity contribution in [2.24, 2.45) is 11.8 Å². The average molecular weight is 338 g/mol. The third kappa shape index (κ3) is 3.38. The minimum absolute atomic E-state index is 0.0769. The summed E-state index contributed by atoms with van der Waals surface area (Å²) in [6.07, 6.45) is 0.921. The van der Waals surface area contributed by atoms with Crippen LogP contribution < -0.4 is 0 Å². The van der Waals surface area contributed by atoms with E-state index in [1.54, 1.807) is 0 Å². The number of halogens is 3. The molecule has 2 unspecified atom stereocenters. The summed E-state index contributed by atoms with van der Waals surface area (Å²) in [6, 6.07) is 2.04. The van der Waals surface area contributed by atoms with Gasteiger partial charge in [-0.05, 0) is 36.0 Å². The summed E-state index contributed by atoms with van der Waals surface area (Å²) in [5.74, 6) is -2.23. The first kappa shape index (κ1) is 16.6. The van der Waals surface area contributed by atoms with Crippen LogP contribution in [0.4, 0.5) is 8.78 Å². The lowest BCUT2D eigenvalue weighted by Crippen LogP contribution is -2.42. The SMILES string of the molecule is CC1CC(C)CN(S(=O)(=O)c2cc(CCl)cc(F)c2F)C1. The van der Waals surface area contributed by atoms with Crippen molar-refractivity contribution in [3.8, 4) is 0 Å². The Morgan fingerprint density at radius 1 is 1.24 bits per heavy atom. The van der Waals surface area contributed by atoms with Crippen LogP contribution in [0.25, 0.3) is 0 Å². The van der Waals surface area contributed by atoms with Gasteiger partial charge in [0.1, 0.15) is 4.90 Å². The van der Waals surface area contributed by atoms with E-state index in [2.05, 4.69) is 0 Å². The molecule has 3 nitrogen and oxygen atoms in total. The molecule has 0 bridgehead atoms. The standard InChI is InChI=1S/C14H18ClF2NO2S/c1-9-3-10(2)8-18(7-9)21(19,20)13-5-11(6-15)4-12(16)14(13)17/h4-5,9-10H,3,6-8H2,1-2H3. The number of sulfonamides is 1. The van der Waals surface area contributed by atoms with E-state index in [0.29, 0.717) is 13.1 Å². The molecule has 0 spiro atoms. The van der Waals surface area contributed by atoms with Crippen molar-refractivity contribution in [3.63, 3.8) is 0 Å². The summed E-state index contributed by atoms with van der Waals surface area (Å²) in [7, 11) is -4.05. The Bertz CT molecular complexity index is 626. The van der Waals surface area contributed by atoms with Crippen LogP contribution in [0.2, 0.25) is 0 Å². The van der Waals surface area contributed by atoms with Crippen LogP contribution in [0, 0.1) is 23.5 Å². The quantitative estimate of drug-likeness (QED) is 0.793. The highest BCUT2D eigenvalue weighted by Gasteiger charge is 2.34. The molecular weight excluding hydrogens is 320 g/mol. The lowest BCUT2D eigenvalue weighted by molar-refractivity contribution is 0.222. The third-order valence-corrected chi connectivity index (χ3v) is 5.80. The predicted octanol–water partition coefficient (Wildman–Crippen LogP) is 3.37. The van der Waals surface area contributed by atoms with Gasteiger partial charge >= 0.3 is 0 Å². The average Bonchev–Trinajstić information content (AvgIpc) is 2.40. The second-order valence-electron chi connectivity index (χ2n) is 5.79. The molecule has 0 amide bonds. The normalized spacial score (nSPS) is 24.2. The molecule has 21 heavy (non-hydrogen) atoms. The maximum absolute atomic E-state index is 13.9. The van der Waals surface area contributed by atoms with E-state index < -0.39 is 26.6 Å². The van der Waals surface area contributed by atoms with Crippen LogP contribution in [-0.4, -0.2) is 25.8 Å². The molecule has 7 heteroatoms. The summed E-state index contributed by atoms with van der Waals surface area (Å²) >= 11 is 5.61. The lowest BCUT2D eigenvalue weighted by atomic mass is 9.94. The zero-order chi connectivity index (χ0) is 15.8. The van der Waals surface area contributed by atoms with E-state index in [1.165, 1.54) is 4.31 Å². The van der Waals surface area contributed by atoms with E-state index >= 15 is 0 Å². The highest BCUT2D eigenvalue weighted by atomic mass is 35.5. The lowest BCUT2D eigenvalue weighted by Gasteiger charge is -2.34. The summed E-state index contributed by atoms with van der Waals surface area (Å²) in [4.78, 5) is -0.626. The Labute approximate surface area is 129 Å².